The van der Waals surface area contributed by atoms with Crippen molar-refractivity contribution in [3.63, 3.8) is 0 Å². The third kappa shape index (κ3) is 8.99. The fourth-order valence-electron chi connectivity index (χ4n) is 5.60. The number of nitrogens with one attached hydrogen (secondary N) is 1. The molecule has 10 nitrogen and oxygen atoms in total. The molecule has 0 spiro atoms. The lowest BCUT2D eigenvalue weighted by Gasteiger charge is -2.34. The maximum Gasteiger partial charge on any atom is 0.416 e. The van der Waals surface area contributed by atoms with Crippen molar-refractivity contribution in [3.05, 3.63) is 102 Å². The number of benzene rings is 3. The molecule has 0 radical (unpaired) electrons. The van der Waals surface area contributed by atoms with Crippen LogP contribution in [0, 0.1) is 0 Å². The van der Waals surface area contributed by atoms with Gasteiger partial charge in [0.1, 0.15) is 5.75 Å². The number of hydrogen-bond acceptors (Lipinski definition) is 8. The van der Waals surface area contributed by atoms with Gasteiger partial charge >= 0.3 is 6.18 Å². The fraction of sp³-hybridized carbons (Fsp3) is 0.306. The Kier molecular flexibility index (Phi) is 10.2. The molecule has 1 aromatic heterocycles. The summed E-state index contributed by atoms with van der Waals surface area (Å²) in [6.45, 7) is 4.15. The van der Waals surface area contributed by atoms with Crippen molar-refractivity contribution in [2.24, 2.45) is 0 Å². The van der Waals surface area contributed by atoms with E-state index in [1.807, 2.05) is 41.1 Å². The third-order valence-corrected chi connectivity index (χ3v) is 8.36. The van der Waals surface area contributed by atoms with Crippen LogP contribution in [-0.2, 0) is 28.9 Å². The number of ether oxygens (including phenoxy) is 3. The first-order chi connectivity index (χ1) is 23.6. The van der Waals surface area contributed by atoms with Crippen LogP contribution in [0.25, 0.3) is 0 Å². The Morgan fingerprint density at radius 2 is 1.59 bits per heavy atom. The Balaban J connectivity index is 0.898. The molecule has 4 aromatic rings. The van der Waals surface area contributed by atoms with Crippen molar-refractivity contribution in [2.75, 3.05) is 50.2 Å². The number of aromatic nitrogens is 1. The van der Waals surface area contributed by atoms with Crippen molar-refractivity contribution in [1.82, 2.24) is 14.8 Å². The van der Waals surface area contributed by atoms with Crippen molar-refractivity contribution >= 4 is 23.2 Å². The minimum Gasteiger partial charge on any atom is -0.454 e. The van der Waals surface area contributed by atoms with E-state index in [0.29, 0.717) is 37.0 Å². The monoisotopic (exact) mass is 675 g/mol. The van der Waals surface area contributed by atoms with E-state index in [4.69, 9.17) is 14.2 Å². The SMILES string of the molecule is CN(Cc1ccc(C(F)(F)F)cc1)c1ccc(Oc2ccc(NC(=O)CCC(=O)N3CCN(Cc4ccc5c(c4)OCO5)CC3)cc2)nc1. The molecule has 13 heteroatoms. The Morgan fingerprint density at radius 3 is 2.29 bits per heavy atom. The molecular weight excluding hydrogens is 639 g/mol. The number of carbonyl (C=O) groups is 2. The standard InChI is InChI=1S/C36H36F3N5O5/c1-42(22-25-2-5-27(6-3-25)36(37,38)39)29-9-14-34(40-21-29)49-30-10-7-28(8-11-30)41-33(45)13-15-35(46)44-18-16-43(17-19-44)23-26-4-12-31-32(20-26)48-24-47-31/h2-12,14,20-21H,13,15-19,22-24H2,1H3,(H,41,45). The zero-order valence-corrected chi connectivity index (χ0v) is 26.9. The van der Waals surface area contributed by atoms with E-state index in [1.54, 1.807) is 36.5 Å². The van der Waals surface area contributed by atoms with Crippen LogP contribution in [0.2, 0.25) is 0 Å². The van der Waals surface area contributed by atoms with E-state index in [0.717, 1.165) is 60.1 Å². The molecule has 0 aliphatic carbocycles. The maximum atomic E-state index is 12.8. The van der Waals surface area contributed by atoms with E-state index in [2.05, 4.69) is 15.2 Å². The first-order valence-corrected chi connectivity index (χ1v) is 15.9. The van der Waals surface area contributed by atoms with E-state index >= 15 is 0 Å². The number of alkyl halides is 3. The van der Waals surface area contributed by atoms with Crippen molar-refractivity contribution in [3.8, 4) is 23.1 Å². The molecule has 2 aliphatic rings. The van der Waals surface area contributed by atoms with Crippen LogP contribution in [0.1, 0.15) is 29.5 Å². The van der Waals surface area contributed by atoms with Gasteiger partial charge < -0.3 is 29.3 Å². The predicted molar refractivity (Wildman–Crippen MR) is 177 cm³/mol. The van der Waals surface area contributed by atoms with Crippen LogP contribution in [0.4, 0.5) is 24.5 Å². The molecule has 1 fully saturated rings. The molecule has 1 saturated heterocycles. The summed E-state index contributed by atoms with van der Waals surface area (Å²) in [4.78, 5) is 35.7. The summed E-state index contributed by atoms with van der Waals surface area (Å²) in [5.41, 5.74) is 2.53. The number of carbonyl (C=O) groups excluding carboxylic acids is 2. The number of nitrogens with zero attached hydrogens (tertiary/aromatic N) is 4. The molecule has 0 bridgehead atoms. The van der Waals surface area contributed by atoms with E-state index < -0.39 is 11.7 Å². The third-order valence-electron chi connectivity index (χ3n) is 8.36. The van der Waals surface area contributed by atoms with E-state index in [-0.39, 0.29) is 31.4 Å². The number of amides is 2. The van der Waals surface area contributed by atoms with Gasteiger partial charge in [0.15, 0.2) is 11.5 Å². The minimum absolute atomic E-state index is 0.0362. The second kappa shape index (κ2) is 14.9. The summed E-state index contributed by atoms with van der Waals surface area (Å²) in [5.74, 6) is 2.11. The van der Waals surface area contributed by atoms with Gasteiger partial charge in [-0.1, -0.05) is 18.2 Å². The molecule has 1 N–H and O–H groups in total. The van der Waals surface area contributed by atoms with Crippen molar-refractivity contribution in [1.29, 1.82) is 0 Å². The number of pyridine rings is 1. The van der Waals surface area contributed by atoms with Crippen LogP contribution < -0.4 is 24.4 Å². The van der Waals surface area contributed by atoms with Crippen molar-refractivity contribution in [2.45, 2.75) is 32.1 Å². The fourth-order valence-corrected chi connectivity index (χ4v) is 5.60. The zero-order chi connectivity index (χ0) is 34.4. The number of rotatable bonds is 11. The lowest BCUT2D eigenvalue weighted by molar-refractivity contribution is -0.137. The van der Waals surface area contributed by atoms with Gasteiger partial charge in [0.2, 0.25) is 24.5 Å². The average Bonchev–Trinajstić information content (AvgIpc) is 3.57. The van der Waals surface area contributed by atoms with Gasteiger partial charge in [0.25, 0.3) is 0 Å². The molecule has 0 saturated carbocycles. The Labute approximate surface area is 282 Å². The average molecular weight is 676 g/mol. The summed E-state index contributed by atoms with van der Waals surface area (Å²) in [6, 6.07) is 21.4. The van der Waals surface area contributed by atoms with Gasteiger partial charge in [0.05, 0.1) is 17.4 Å². The highest BCUT2D eigenvalue weighted by Crippen LogP contribution is 2.33. The van der Waals surface area contributed by atoms with Crippen LogP contribution in [-0.4, -0.2) is 66.6 Å². The lowest BCUT2D eigenvalue weighted by Crippen LogP contribution is -2.48. The molecule has 256 valence electrons. The van der Waals surface area contributed by atoms with Crippen LogP contribution in [0.3, 0.4) is 0 Å². The van der Waals surface area contributed by atoms with E-state index in [1.165, 1.54) is 12.1 Å². The Morgan fingerprint density at radius 1 is 0.878 bits per heavy atom. The van der Waals surface area contributed by atoms with Gasteiger partial charge in [-0.3, -0.25) is 14.5 Å². The Hall–Kier alpha value is -5.30. The Bertz CT molecular complexity index is 1740. The lowest BCUT2D eigenvalue weighted by atomic mass is 10.1. The second-order valence-corrected chi connectivity index (χ2v) is 11.9. The summed E-state index contributed by atoms with van der Waals surface area (Å²) >= 11 is 0. The summed E-state index contributed by atoms with van der Waals surface area (Å²) < 4.78 is 55.1. The highest BCUT2D eigenvalue weighted by molar-refractivity contribution is 5.93. The maximum absolute atomic E-state index is 12.8. The van der Waals surface area contributed by atoms with Crippen molar-refractivity contribution < 1.29 is 37.0 Å². The first kappa shape index (κ1) is 33.6. The molecule has 2 aliphatic heterocycles. The molecule has 6 rings (SSSR count). The van der Waals surface area contributed by atoms with Gasteiger partial charge in [-0.2, -0.15) is 13.2 Å². The van der Waals surface area contributed by atoms with Gasteiger partial charge in [-0.25, -0.2) is 4.98 Å². The molecule has 0 atom stereocenters. The number of fused-ring (bicyclic) bond motifs is 1. The molecule has 3 heterocycles. The highest BCUT2D eigenvalue weighted by Gasteiger charge is 2.30. The zero-order valence-electron chi connectivity index (χ0n) is 26.9. The second-order valence-electron chi connectivity index (χ2n) is 11.9. The minimum atomic E-state index is -4.37. The molecule has 2 amide bonds. The quantitative estimate of drug-likeness (QED) is 0.197. The topological polar surface area (TPSA) is 96.5 Å². The number of piperazine rings is 1. The van der Waals surface area contributed by atoms with Gasteiger partial charge in [-0.05, 0) is 65.7 Å². The molecule has 3 aromatic carbocycles. The molecule has 0 unspecified atom stereocenters. The number of halogens is 3. The summed E-state index contributed by atoms with van der Waals surface area (Å²) in [5, 5.41) is 2.82. The number of anilines is 2. The van der Waals surface area contributed by atoms with Crippen LogP contribution in [0.5, 0.6) is 23.1 Å². The molecular formula is C36H36F3N5O5. The number of hydrogen-bond donors (Lipinski definition) is 1. The van der Waals surface area contributed by atoms with Gasteiger partial charge in [0, 0.05) is 70.9 Å². The normalized spacial score (nSPS) is 14.4. The highest BCUT2D eigenvalue weighted by atomic mass is 19.4. The van der Waals surface area contributed by atoms with Gasteiger partial charge in [-0.15, -0.1) is 0 Å². The largest absolute Gasteiger partial charge is 0.454 e. The smallest absolute Gasteiger partial charge is 0.416 e. The summed E-state index contributed by atoms with van der Waals surface area (Å²) in [6.07, 6.45) is -2.53. The van der Waals surface area contributed by atoms with E-state index in [9.17, 15) is 22.8 Å². The predicted octanol–water partition coefficient (Wildman–Crippen LogP) is 6.32. The van der Waals surface area contributed by atoms with Crippen LogP contribution >= 0.6 is 0 Å². The molecule has 49 heavy (non-hydrogen) atoms. The van der Waals surface area contributed by atoms with Crippen LogP contribution in [0.15, 0.2) is 85.1 Å². The first-order valence-electron chi connectivity index (χ1n) is 15.9. The summed E-state index contributed by atoms with van der Waals surface area (Å²) in [7, 11) is 1.82.